The summed E-state index contributed by atoms with van der Waals surface area (Å²) in [5.41, 5.74) is 0.705. The average molecular weight is 305 g/mol. The largest absolute Gasteiger partial charge is 0.350 e. The Hall–Kier alpha value is -1.86. The molecule has 0 bridgehead atoms. The lowest BCUT2D eigenvalue weighted by Crippen LogP contribution is -2.38. The first-order chi connectivity index (χ1) is 10.1. The molecule has 0 aromatic carbocycles. The minimum atomic E-state index is -0.100. The van der Waals surface area contributed by atoms with E-state index < -0.39 is 0 Å². The first kappa shape index (κ1) is 15.5. The van der Waals surface area contributed by atoms with Crippen LogP contribution in [-0.2, 0) is 0 Å². The highest BCUT2D eigenvalue weighted by atomic mass is 32.1. The van der Waals surface area contributed by atoms with Gasteiger partial charge in [0.2, 0.25) is 0 Å². The fourth-order valence-electron chi connectivity index (χ4n) is 1.86. The molecule has 112 valence electrons. The van der Waals surface area contributed by atoms with E-state index in [1.54, 1.807) is 18.5 Å². The summed E-state index contributed by atoms with van der Waals surface area (Å²) in [5.74, 6) is 0.447. The number of aryl methyl sites for hydroxylation is 1. The van der Waals surface area contributed by atoms with Gasteiger partial charge >= 0.3 is 0 Å². The van der Waals surface area contributed by atoms with Gasteiger partial charge in [0.15, 0.2) is 10.8 Å². The van der Waals surface area contributed by atoms with Crippen molar-refractivity contribution in [1.29, 1.82) is 0 Å². The summed E-state index contributed by atoms with van der Waals surface area (Å²) < 4.78 is 0. The van der Waals surface area contributed by atoms with Gasteiger partial charge in [-0.05, 0) is 26.5 Å². The number of nitrogens with zero attached hydrogens (tertiary/aromatic N) is 3. The number of thiazole rings is 1. The van der Waals surface area contributed by atoms with Gasteiger partial charge in [0, 0.05) is 25.0 Å². The van der Waals surface area contributed by atoms with Crippen LogP contribution >= 0.6 is 11.3 Å². The molecule has 1 atom stereocenters. The Morgan fingerprint density at radius 3 is 2.76 bits per heavy atom. The summed E-state index contributed by atoms with van der Waals surface area (Å²) in [4.78, 5) is 25.5. The predicted octanol–water partition coefficient (Wildman–Crippen LogP) is 1.64. The molecule has 2 rings (SSSR count). The Morgan fingerprint density at radius 2 is 2.10 bits per heavy atom. The maximum Gasteiger partial charge on any atom is 0.263 e. The van der Waals surface area contributed by atoms with Gasteiger partial charge in [0.05, 0.1) is 5.69 Å². The van der Waals surface area contributed by atoms with Gasteiger partial charge in [0.1, 0.15) is 4.88 Å². The lowest BCUT2D eigenvalue weighted by atomic mass is 10.3. The highest BCUT2D eigenvalue weighted by Gasteiger charge is 2.17. The molecule has 0 aliphatic carbocycles. The Labute approximate surface area is 128 Å². The van der Waals surface area contributed by atoms with E-state index in [9.17, 15) is 4.79 Å². The second kappa shape index (κ2) is 7.24. The molecule has 6 nitrogen and oxygen atoms in total. The second-order valence-corrected chi connectivity index (χ2v) is 5.67. The molecule has 21 heavy (non-hydrogen) atoms. The number of hydrogen-bond donors (Lipinski definition) is 2. The number of hydrogen-bond acceptors (Lipinski definition) is 6. The Bertz CT molecular complexity index is 599. The number of rotatable bonds is 6. The molecule has 0 unspecified atom stereocenters. The lowest BCUT2D eigenvalue weighted by molar-refractivity contribution is 0.0953. The van der Waals surface area contributed by atoms with Gasteiger partial charge in [-0.25, -0.2) is 15.0 Å². The van der Waals surface area contributed by atoms with Crippen molar-refractivity contribution in [2.75, 3.05) is 13.1 Å². The zero-order valence-electron chi connectivity index (χ0n) is 12.4. The van der Waals surface area contributed by atoms with Crippen LogP contribution in [0, 0.1) is 6.92 Å². The van der Waals surface area contributed by atoms with Crippen LogP contribution in [0.25, 0.3) is 10.8 Å². The summed E-state index contributed by atoms with van der Waals surface area (Å²) in [6, 6.07) is 1.99. The van der Waals surface area contributed by atoms with Crippen LogP contribution in [0.1, 0.15) is 29.2 Å². The van der Waals surface area contributed by atoms with Gasteiger partial charge in [-0.15, -0.1) is 11.3 Å². The highest BCUT2D eigenvalue weighted by molar-refractivity contribution is 7.17. The zero-order valence-corrected chi connectivity index (χ0v) is 13.2. The van der Waals surface area contributed by atoms with Crippen LogP contribution in [0.3, 0.4) is 0 Å². The van der Waals surface area contributed by atoms with E-state index in [1.807, 2.05) is 20.8 Å². The van der Waals surface area contributed by atoms with Crippen molar-refractivity contribution in [3.8, 4) is 10.8 Å². The number of nitrogens with one attached hydrogen (secondary N) is 2. The number of amides is 1. The van der Waals surface area contributed by atoms with Crippen molar-refractivity contribution in [2.45, 2.75) is 26.8 Å². The van der Waals surface area contributed by atoms with Gasteiger partial charge in [-0.1, -0.05) is 6.92 Å². The van der Waals surface area contributed by atoms with Gasteiger partial charge in [-0.3, -0.25) is 4.79 Å². The Balaban J connectivity index is 2.07. The zero-order chi connectivity index (χ0) is 15.2. The summed E-state index contributed by atoms with van der Waals surface area (Å²) >= 11 is 1.32. The molecule has 0 spiro atoms. The van der Waals surface area contributed by atoms with Crippen molar-refractivity contribution in [2.24, 2.45) is 0 Å². The monoisotopic (exact) mass is 305 g/mol. The first-order valence-electron chi connectivity index (χ1n) is 6.88. The average Bonchev–Trinajstić information content (AvgIpc) is 2.88. The molecule has 0 saturated heterocycles. The maximum atomic E-state index is 12.2. The molecular formula is C14H19N5OS. The van der Waals surface area contributed by atoms with E-state index in [1.165, 1.54) is 11.3 Å². The minimum absolute atomic E-state index is 0.100. The highest BCUT2D eigenvalue weighted by Crippen LogP contribution is 2.24. The number of aromatic nitrogens is 3. The third-order valence-corrected chi connectivity index (χ3v) is 4.03. The van der Waals surface area contributed by atoms with Crippen LogP contribution in [0.15, 0.2) is 18.5 Å². The van der Waals surface area contributed by atoms with E-state index in [2.05, 4.69) is 25.6 Å². The molecule has 0 aliphatic heterocycles. The molecule has 1 amide bonds. The number of likely N-dealkylation sites (N-methyl/N-ethyl adjacent to an activating group) is 1. The first-order valence-corrected chi connectivity index (χ1v) is 7.69. The minimum Gasteiger partial charge on any atom is -0.350 e. The van der Waals surface area contributed by atoms with E-state index >= 15 is 0 Å². The molecule has 2 heterocycles. The van der Waals surface area contributed by atoms with E-state index in [-0.39, 0.29) is 11.9 Å². The third-order valence-electron chi connectivity index (χ3n) is 2.88. The third kappa shape index (κ3) is 4.05. The van der Waals surface area contributed by atoms with E-state index in [4.69, 9.17) is 0 Å². The van der Waals surface area contributed by atoms with Crippen molar-refractivity contribution < 1.29 is 4.79 Å². The molecule has 0 fully saturated rings. The van der Waals surface area contributed by atoms with Crippen LogP contribution in [0.4, 0.5) is 0 Å². The molecule has 7 heteroatoms. The van der Waals surface area contributed by atoms with E-state index in [0.29, 0.717) is 27.9 Å². The predicted molar refractivity (Wildman–Crippen MR) is 83.3 cm³/mol. The fourth-order valence-corrected chi connectivity index (χ4v) is 2.79. The quantitative estimate of drug-likeness (QED) is 0.848. The second-order valence-electron chi connectivity index (χ2n) is 4.67. The summed E-state index contributed by atoms with van der Waals surface area (Å²) in [6.45, 7) is 7.36. The number of carbonyl (C=O) groups excluding carboxylic acids is 1. The molecule has 0 radical (unpaired) electrons. The van der Waals surface area contributed by atoms with Crippen LogP contribution < -0.4 is 10.6 Å². The van der Waals surface area contributed by atoms with E-state index in [0.717, 1.165) is 6.54 Å². The Morgan fingerprint density at radius 1 is 1.38 bits per heavy atom. The normalized spacial score (nSPS) is 12.1. The van der Waals surface area contributed by atoms with Crippen molar-refractivity contribution in [3.63, 3.8) is 0 Å². The van der Waals surface area contributed by atoms with Gasteiger partial charge in [-0.2, -0.15) is 0 Å². The maximum absolute atomic E-state index is 12.2. The van der Waals surface area contributed by atoms with Crippen LogP contribution in [0.2, 0.25) is 0 Å². The molecule has 0 saturated carbocycles. The summed E-state index contributed by atoms with van der Waals surface area (Å²) in [5, 5.41) is 6.83. The summed E-state index contributed by atoms with van der Waals surface area (Å²) in [7, 11) is 0. The van der Waals surface area contributed by atoms with Gasteiger partial charge < -0.3 is 10.6 Å². The van der Waals surface area contributed by atoms with Crippen molar-refractivity contribution >= 4 is 17.2 Å². The molecular weight excluding hydrogens is 286 g/mol. The number of carbonyl (C=O) groups is 1. The molecule has 2 aromatic rings. The smallest absolute Gasteiger partial charge is 0.263 e. The Kier molecular flexibility index (Phi) is 5.35. The molecule has 2 aromatic heterocycles. The van der Waals surface area contributed by atoms with Gasteiger partial charge in [0.25, 0.3) is 5.91 Å². The SMILES string of the molecule is CCN[C@H](C)CNC(=O)c1sc(-c2ncccn2)nc1C. The molecule has 2 N–H and O–H groups in total. The van der Waals surface area contributed by atoms with Crippen molar-refractivity contribution in [3.05, 3.63) is 29.0 Å². The van der Waals surface area contributed by atoms with Crippen molar-refractivity contribution in [1.82, 2.24) is 25.6 Å². The summed E-state index contributed by atoms with van der Waals surface area (Å²) in [6.07, 6.45) is 3.33. The molecule has 0 aliphatic rings. The van der Waals surface area contributed by atoms with Crippen LogP contribution in [0.5, 0.6) is 0 Å². The lowest BCUT2D eigenvalue weighted by Gasteiger charge is -2.12. The fraction of sp³-hybridized carbons (Fsp3) is 0.429. The van der Waals surface area contributed by atoms with Crippen LogP contribution in [-0.4, -0.2) is 40.0 Å². The topological polar surface area (TPSA) is 79.8 Å². The standard InChI is InChI=1S/C14H19N5OS/c1-4-15-9(2)8-18-13(20)11-10(3)19-14(21-11)12-16-6-5-7-17-12/h5-7,9,15H,4,8H2,1-3H3,(H,18,20)/t9-/m1/s1.